The van der Waals surface area contributed by atoms with Crippen molar-refractivity contribution in [2.45, 2.75) is 18.1 Å². The predicted octanol–water partition coefficient (Wildman–Crippen LogP) is 0.926. The second-order valence-electron chi connectivity index (χ2n) is 2.89. The fraction of sp³-hybridized carbons (Fsp3) is 0.500. The normalized spacial score (nSPS) is 12.5. The Morgan fingerprint density at radius 3 is 3.07 bits per heavy atom. The fourth-order valence-electron chi connectivity index (χ4n) is 0.978. The largest absolute Gasteiger partial charge is 0.491 e. The van der Waals surface area contributed by atoms with E-state index in [1.165, 1.54) is 11.8 Å². The van der Waals surface area contributed by atoms with Gasteiger partial charge in [-0.1, -0.05) is 11.8 Å². The van der Waals surface area contributed by atoms with Gasteiger partial charge >= 0.3 is 0 Å². The van der Waals surface area contributed by atoms with Crippen LogP contribution in [0, 0.1) is 0 Å². The van der Waals surface area contributed by atoms with Gasteiger partial charge in [-0.3, -0.25) is 0 Å². The molecule has 4 nitrogen and oxygen atoms in total. The summed E-state index contributed by atoms with van der Waals surface area (Å²) in [7, 11) is 0. The monoisotopic (exact) mass is 229 g/mol. The molecule has 0 radical (unpaired) electrons. The Kier molecular flexibility index (Phi) is 5.45. The van der Waals surface area contributed by atoms with E-state index in [2.05, 4.69) is 4.98 Å². The first-order valence-electron chi connectivity index (χ1n) is 4.77. The quantitative estimate of drug-likeness (QED) is 0.710. The average molecular weight is 229 g/mol. The van der Waals surface area contributed by atoms with Crippen molar-refractivity contribution >= 4 is 11.8 Å². The lowest BCUT2D eigenvalue weighted by atomic mass is 10.4. The number of ether oxygens (including phenoxy) is 1. The van der Waals surface area contributed by atoms with E-state index in [-0.39, 0.29) is 6.61 Å². The molecule has 1 aromatic rings. The third kappa shape index (κ3) is 4.07. The summed E-state index contributed by atoms with van der Waals surface area (Å²) in [5.41, 5.74) is 0. The van der Waals surface area contributed by atoms with Crippen molar-refractivity contribution < 1.29 is 14.9 Å². The predicted molar refractivity (Wildman–Crippen MR) is 59.2 cm³/mol. The van der Waals surface area contributed by atoms with E-state index in [9.17, 15) is 5.11 Å². The number of rotatable bonds is 6. The molecule has 0 aromatic carbocycles. The third-order valence-electron chi connectivity index (χ3n) is 1.66. The van der Waals surface area contributed by atoms with Gasteiger partial charge in [0.25, 0.3) is 0 Å². The molecule has 0 aliphatic carbocycles. The summed E-state index contributed by atoms with van der Waals surface area (Å²) in [6, 6.07) is 3.64. The maximum Gasteiger partial charge on any atom is 0.151 e. The molecule has 1 unspecified atom stereocenters. The van der Waals surface area contributed by atoms with Gasteiger partial charge in [-0.15, -0.1) is 0 Å². The van der Waals surface area contributed by atoms with Crippen molar-refractivity contribution in [3.8, 4) is 5.75 Å². The van der Waals surface area contributed by atoms with E-state index < -0.39 is 6.10 Å². The maximum absolute atomic E-state index is 9.20. The second kappa shape index (κ2) is 6.66. The van der Waals surface area contributed by atoms with Crippen LogP contribution in [0.1, 0.15) is 6.92 Å². The summed E-state index contributed by atoms with van der Waals surface area (Å²) in [6.45, 7) is 2.26. The smallest absolute Gasteiger partial charge is 0.151 e. The molecule has 0 saturated carbocycles. The molecule has 1 heterocycles. The van der Waals surface area contributed by atoms with E-state index in [1.54, 1.807) is 12.3 Å². The van der Waals surface area contributed by atoms with Gasteiger partial charge in [-0.05, 0) is 19.1 Å². The zero-order chi connectivity index (χ0) is 11.1. The molecule has 0 aliphatic heterocycles. The highest BCUT2D eigenvalue weighted by atomic mass is 32.2. The van der Waals surface area contributed by atoms with Crippen LogP contribution in [0.3, 0.4) is 0 Å². The number of thioether (sulfide) groups is 1. The third-order valence-corrected chi connectivity index (χ3v) is 2.79. The average Bonchev–Trinajstić information content (AvgIpc) is 2.28. The number of pyridine rings is 1. The summed E-state index contributed by atoms with van der Waals surface area (Å²) in [5, 5.41) is 18.6. The van der Waals surface area contributed by atoms with Crippen LogP contribution in [0.5, 0.6) is 5.75 Å². The summed E-state index contributed by atoms with van der Waals surface area (Å²) in [5.74, 6) is 1.13. The van der Waals surface area contributed by atoms with Crippen LogP contribution < -0.4 is 4.74 Å². The zero-order valence-electron chi connectivity index (χ0n) is 8.59. The summed E-state index contributed by atoms with van der Waals surface area (Å²) < 4.78 is 5.38. The Labute approximate surface area is 93.3 Å². The first-order valence-corrected chi connectivity index (χ1v) is 5.76. The highest BCUT2D eigenvalue weighted by Gasteiger charge is 2.08. The molecule has 2 N–H and O–H groups in total. The molecule has 0 fully saturated rings. The van der Waals surface area contributed by atoms with Crippen molar-refractivity contribution in [1.29, 1.82) is 0 Å². The molecule has 1 atom stereocenters. The standard InChI is InChI=1S/C10H15NO3S/c1-2-14-9-4-3-5-11-10(9)15-7-8(13)6-12/h3-5,8,12-13H,2,6-7H2,1H3. The van der Waals surface area contributed by atoms with Crippen molar-refractivity contribution in [2.75, 3.05) is 19.0 Å². The molecular formula is C10H15NO3S. The van der Waals surface area contributed by atoms with Crippen LogP contribution in [-0.2, 0) is 0 Å². The molecule has 1 rings (SSSR count). The van der Waals surface area contributed by atoms with Crippen LogP contribution in [0.4, 0.5) is 0 Å². The van der Waals surface area contributed by atoms with Gasteiger partial charge in [-0.25, -0.2) is 4.98 Å². The Morgan fingerprint density at radius 2 is 2.40 bits per heavy atom. The van der Waals surface area contributed by atoms with Gasteiger partial charge in [0.2, 0.25) is 0 Å². The SMILES string of the molecule is CCOc1cccnc1SCC(O)CO. The molecular weight excluding hydrogens is 214 g/mol. The molecule has 5 heteroatoms. The minimum atomic E-state index is -0.716. The summed E-state index contributed by atoms with van der Waals surface area (Å²) >= 11 is 1.37. The highest BCUT2D eigenvalue weighted by Crippen LogP contribution is 2.26. The maximum atomic E-state index is 9.20. The van der Waals surface area contributed by atoms with Crippen LogP contribution in [-0.4, -0.2) is 40.3 Å². The summed E-state index contributed by atoms with van der Waals surface area (Å²) in [6.07, 6.45) is 0.961. The molecule has 15 heavy (non-hydrogen) atoms. The molecule has 0 spiro atoms. The fourth-order valence-corrected chi connectivity index (χ4v) is 1.84. The van der Waals surface area contributed by atoms with Crippen molar-refractivity contribution in [3.05, 3.63) is 18.3 Å². The van der Waals surface area contributed by atoms with Gasteiger partial charge in [0.05, 0.1) is 19.3 Å². The molecule has 0 bridgehead atoms. The molecule has 0 saturated heterocycles. The number of hydrogen-bond donors (Lipinski definition) is 2. The second-order valence-corrected chi connectivity index (χ2v) is 3.90. The van der Waals surface area contributed by atoms with Crippen molar-refractivity contribution in [1.82, 2.24) is 4.98 Å². The minimum absolute atomic E-state index is 0.232. The first-order chi connectivity index (χ1) is 7.27. The van der Waals surface area contributed by atoms with Crippen LogP contribution in [0.25, 0.3) is 0 Å². The Bertz CT molecular complexity index is 296. The van der Waals surface area contributed by atoms with Crippen molar-refractivity contribution in [2.24, 2.45) is 0 Å². The number of aromatic nitrogens is 1. The number of nitrogens with zero attached hydrogens (tertiary/aromatic N) is 1. The van der Waals surface area contributed by atoms with Crippen molar-refractivity contribution in [3.63, 3.8) is 0 Å². The molecule has 1 aromatic heterocycles. The molecule has 0 aliphatic rings. The zero-order valence-corrected chi connectivity index (χ0v) is 9.41. The number of hydrogen-bond acceptors (Lipinski definition) is 5. The first kappa shape index (κ1) is 12.3. The summed E-state index contributed by atoms with van der Waals surface area (Å²) in [4.78, 5) is 4.15. The van der Waals surface area contributed by atoms with E-state index in [1.807, 2.05) is 13.0 Å². The van der Waals surface area contributed by atoms with E-state index in [4.69, 9.17) is 9.84 Å². The van der Waals surface area contributed by atoms with Gasteiger partial charge in [0.15, 0.2) is 5.75 Å². The van der Waals surface area contributed by atoms with Crippen LogP contribution in [0.15, 0.2) is 23.4 Å². The number of aliphatic hydroxyl groups excluding tert-OH is 2. The van der Waals surface area contributed by atoms with Gasteiger partial charge in [0.1, 0.15) is 5.03 Å². The van der Waals surface area contributed by atoms with Gasteiger partial charge < -0.3 is 14.9 Å². The Hall–Kier alpha value is -0.780. The highest BCUT2D eigenvalue weighted by molar-refractivity contribution is 7.99. The van der Waals surface area contributed by atoms with E-state index in [0.717, 1.165) is 10.8 Å². The Morgan fingerprint density at radius 1 is 1.60 bits per heavy atom. The molecule has 84 valence electrons. The van der Waals surface area contributed by atoms with E-state index >= 15 is 0 Å². The lowest BCUT2D eigenvalue weighted by Crippen LogP contribution is -2.14. The topological polar surface area (TPSA) is 62.6 Å². The van der Waals surface area contributed by atoms with Gasteiger partial charge in [0, 0.05) is 11.9 Å². The van der Waals surface area contributed by atoms with Gasteiger partial charge in [-0.2, -0.15) is 0 Å². The van der Waals surface area contributed by atoms with Crippen LogP contribution >= 0.6 is 11.8 Å². The minimum Gasteiger partial charge on any atom is -0.491 e. The van der Waals surface area contributed by atoms with Crippen LogP contribution in [0.2, 0.25) is 0 Å². The molecule has 0 amide bonds. The number of aliphatic hydroxyl groups is 2. The van der Waals surface area contributed by atoms with E-state index in [0.29, 0.717) is 12.4 Å². The Balaban J connectivity index is 2.58. The lowest BCUT2D eigenvalue weighted by Gasteiger charge is -2.09. The lowest BCUT2D eigenvalue weighted by molar-refractivity contribution is 0.113.